The Morgan fingerprint density at radius 2 is 1.69 bits per heavy atom. The predicted octanol–water partition coefficient (Wildman–Crippen LogP) is 0.564. The van der Waals surface area contributed by atoms with Gasteiger partial charge in [0, 0.05) is 26.2 Å². The second kappa shape index (κ2) is 13.6. The van der Waals surface area contributed by atoms with Gasteiger partial charge in [0.15, 0.2) is 11.6 Å². The van der Waals surface area contributed by atoms with E-state index in [-0.39, 0.29) is 46.3 Å². The van der Waals surface area contributed by atoms with Gasteiger partial charge >= 0.3 is 35.5 Å². The molecule has 160 valence electrons. The first-order chi connectivity index (χ1) is 12.7. The van der Waals surface area contributed by atoms with Crippen molar-refractivity contribution < 1.29 is 54.1 Å². The first-order valence-electron chi connectivity index (χ1n) is 9.85. The Hall–Kier alpha value is -0.700. The largest absolute Gasteiger partial charge is 1.00 e. The van der Waals surface area contributed by atoms with Crippen LogP contribution in [0.25, 0.3) is 0 Å². The number of halogens is 1. The number of hydrogen-bond acceptors (Lipinski definition) is 5. The molecular formula is C21H34FN2NaO4. The number of aromatic carboxylic acids is 1. The van der Waals surface area contributed by atoms with Crippen LogP contribution < -0.4 is 34.3 Å². The number of carboxylic acids is 1. The number of nitrogens with zero attached hydrogens (tertiary/aromatic N) is 2. The minimum atomic E-state index is -1.14. The topological polar surface area (TPSA) is 83.0 Å². The Bertz CT molecular complexity index is 617. The van der Waals surface area contributed by atoms with E-state index in [1.54, 1.807) is 0 Å². The zero-order valence-electron chi connectivity index (χ0n) is 18.3. The van der Waals surface area contributed by atoms with Crippen molar-refractivity contribution in [3.63, 3.8) is 0 Å². The zero-order chi connectivity index (χ0) is 19.9. The van der Waals surface area contributed by atoms with Gasteiger partial charge in [0.1, 0.15) is 0 Å². The van der Waals surface area contributed by atoms with Crippen LogP contribution in [0.3, 0.4) is 0 Å². The molecule has 0 atom stereocenters. The van der Waals surface area contributed by atoms with Crippen molar-refractivity contribution in [2.45, 2.75) is 40.0 Å². The van der Waals surface area contributed by atoms with E-state index in [1.807, 2.05) is 0 Å². The quantitative estimate of drug-likeness (QED) is 0.465. The summed E-state index contributed by atoms with van der Waals surface area (Å²) in [5.74, 6) is -1.65. The molecule has 0 unspecified atom stereocenters. The summed E-state index contributed by atoms with van der Waals surface area (Å²) in [5, 5.41) is 8.84. The second-order valence-corrected chi connectivity index (χ2v) is 8.50. The molecule has 2 rings (SSSR count). The van der Waals surface area contributed by atoms with Crippen LogP contribution >= 0.6 is 0 Å². The van der Waals surface area contributed by atoms with E-state index in [0.717, 1.165) is 51.6 Å². The minimum Gasteiger partial charge on any atom is -0.870 e. The molecule has 0 aromatic heterocycles. The number of benzene rings is 1. The van der Waals surface area contributed by atoms with E-state index < -0.39 is 11.8 Å². The number of carboxylic acid groups (broad SMARTS) is 1. The van der Waals surface area contributed by atoms with E-state index in [4.69, 9.17) is 9.84 Å². The molecule has 1 aliphatic rings. The Morgan fingerprint density at radius 1 is 1.10 bits per heavy atom. The number of piperazine rings is 1. The third-order valence-electron chi connectivity index (χ3n) is 4.95. The number of unbranched alkanes of at least 4 members (excludes halogenated alkanes) is 1. The van der Waals surface area contributed by atoms with Crippen LogP contribution in [0, 0.1) is 11.2 Å². The number of carbonyl (C=O) groups is 1. The summed E-state index contributed by atoms with van der Waals surface area (Å²) in [6.07, 6.45) is 3.09. The molecule has 0 saturated carbocycles. The van der Waals surface area contributed by atoms with Crippen molar-refractivity contribution in [2.24, 2.45) is 5.41 Å². The summed E-state index contributed by atoms with van der Waals surface area (Å²) in [6.45, 7) is 14.0. The number of ether oxygens (including phenoxy) is 1. The molecule has 0 spiro atoms. The Balaban J connectivity index is 0.00000392. The van der Waals surface area contributed by atoms with Crippen LogP contribution in [-0.2, 0) is 0 Å². The van der Waals surface area contributed by atoms with Crippen LogP contribution in [0.15, 0.2) is 18.2 Å². The van der Waals surface area contributed by atoms with Crippen molar-refractivity contribution in [1.82, 2.24) is 9.80 Å². The maximum atomic E-state index is 13.8. The monoisotopic (exact) mass is 420 g/mol. The molecule has 1 saturated heterocycles. The molecule has 6 nitrogen and oxygen atoms in total. The van der Waals surface area contributed by atoms with Crippen LogP contribution in [0.5, 0.6) is 5.75 Å². The van der Waals surface area contributed by atoms with Crippen molar-refractivity contribution >= 4 is 5.97 Å². The molecule has 1 aliphatic heterocycles. The molecule has 2 N–H and O–H groups in total. The maximum Gasteiger partial charge on any atom is 1.00 e. The molecule has 0 bridgehead atoms. The van der Waals surface area contributed by atoms with E-state index in [1.165, 1.54) is 25.1 Å². The first-order valence-corrected chi connectivity index (χ1v) is 9.85. The summed E-state index contributed by atoms with van der Waals surface area (Å²) >= 11 is 0. The van der Waals surface area contributed by atoms with Gasteiger partial charge in [-0.1, -0.05) is 20.8 Å². The van der Waals surface area contributed by atoms with Crippen molar-refractivity contribution in [1.29, 1.82) is 0 Å². The van der Waals surface area contributed by atoms with Crippen LogP contribution in [0.1, 0.15) is 50.4 Å². The third-order valence-corrected chi connectivity index (χ3v) is 4.95. The molecule has 0 amide bonds. The fourth-order valence-electron chi connectivity index (χ4n) is 3.10. The van der Waals surface area contributed by atoms with Gasteiger partial charge in [0.2, 0.25) is 0 Å². The Labute approximate surface area is 196 Å². The molecule has 1 fully saturated rings. The van der Waals surface area contributed by atoms with E-state index >= 15 is 0 Å². The summed E-state index contributed by atoms with van der Waals surface area (Å²) in [6, 6.07) is 3.74. The summed E-state index contributed by atoms with van der Waals surface area (Å²) in [7, 11) is 0. The van der Waals surface area contributed by atoms with E-state index in [2.05, 4.69) is 30.6 Å². The smallest absolute Gasteiger partial charge is 0.870 e. The van der Waals surface area contributed by atoms with Gasteiger partial charge in [0.25, 0.3) is 0 Å². The van der Waals surface area contributed by atoms with Crippen LogP contribution in [0.4, 0.5) is 4.39 Å². The first kappa shape index (κ1) is 28.3. The summed E-state index contributed by atoms with van der Waals surface area (Å²) < 4.78 is 19.2. The maximum absolute atomic E-state index is 13.8. The molecular weight excluding hydrogens is 386 g/mol. The van der Waals surface area contributed by atoms with Crippen LogP contribution in [-0.4, -0.2) is 72.2 Å². The SMILES string of the molecule is CC(C)(C)CCN1CCN(CCCCOc2ccc(C(=O)O)cc2F)CC1.[Na+].[OH-]. The molecule has 1 aromatic carbocycles. The van der Waals surface area contributed by atoms with Gasteiger partial charge in [-0.15, -0.1) is 0 Å². The van der Waals surface area contributed by atoms with Gasteiger partial charge < -0.3 is 25.1 Å². The third kappa shape index (κ3) is 10.8. The molecule has 29 heavy (non-hydrogen) atoms. The average molecular weight is 421 g/mol. The van der Waals surface area contributed by atoms with Gasteiger partial charge in [-0.3, -0.25) is 0 Å². The predicted molar refractivity (Wildman–Crippen MR) is 107 cm³/mol. The normalized spacial score (nSPS) is 15.3. The van der Waals surface area contributed by atoms with E-state index in [9.17, 15) is 9.18 Å². The summed E-state index contributed by atoms with van der Waals surface area (Å²) in [4.78, 5) is 15.8. The van der Waals surface area contributed by atoms with Gasteiger partial charge in [-0.05, 0) is 56.0 Å². The minimum absolute atomic E-state index is 0. The molecule has 1 aromatic rings. The molecule has 0 radical (unpaired) electrons. The van der Waals surface area contributed by atoms with Crippen LogP contribution in [0.2, 0.25) is 0 Å². The van der Waals surface area contributed by atoms with E-state index in [0.29, 0.717) is 12.0 Å². The fraction of sp³-hybridized carbons (Fsp3) is 0.667. The summed E-state index contributed by atoms with van der Waals surface area (Å²) in [5.41, 5.74) is 0.325. The van der Waals surface area contributed by atoms with Gasteiger partial charge in [0.05, 0.1) is 12.2 Å². The van der Waals surface area contributed by atoms with Gasteiger partial charge in [-0.25, -0.2) is 9.18 Å². The zero-order valence-corrected chi connectivity index (χ0v) is 20.3. The Kier molecular flexibility index (Phi) is 13.2. The van der Waals surface area contributed by atoms with Crippen molar-refractivity contribution in [2.75, 3.05) is 45.9 Å². The van der Waals surface area contributed by atoms with Crippen molar-refractivity contribution in [3.05, 3.63) is 29.6 Å². The second-order valence-electron chi connectivity index (χ2n) is 8.50. The molecule has 8 heteroatoms. The number of rotatable bonds is 9. The number of hydrogen-bond donors (Lipinski definition) is 1. The Morgan fingerprint density at radius 3 is 2.21 bits per heavy atom. The molecule has 0 aliphatic carbocycles. The fourth-order valence-corrected chi connectivity index (χ4v) is 3.10. The van der Waals surface area contributed by atoms with Gasteiger partial charge in [-0.2, -0.15) is 0 Å². The average Bonchev–Trinajstić information content (AvgIpc) is 2.61. The standard InChI is InChI=1S/C21H33FN2O3.Na.H2O/c1-21(2,3)8-10-24-13-11-23(12-14-24)9-4-5-15-27-19-7-6-17(20(25)26)16-18(19)22;;/h6-7,16H,4-5,8-15H2,1-3H3,(H,25,26);;1H2/q;+1;/p-1. The molecule has 1 heterocycles. The van der Waals surface area contributed by atoms with Crippen molar-refractivity contribution in [3.8, 4) is 5.75 Å².